The molecule has 0 unspecified atom stereocenters. The summed E-state index contributed by atoms with van der Waals surface area (Å²) in [6.07, 6.45) is 2.60. The molecule has 0 aliphatic heterocycles. The first-order valence-electron chi connectivity index (χ1n) is 4.47. The van der Waals surface area contributed by atoms with Crippen molar-refractivity contribution in [3.05, 3.63) is 17.5 Å². The number of carboxylic acids is 1. The number of halogens is 1. The van der Waals surface area contributed by atoms with E-state index in [1.165, 1.54) is 0 Å². The third-order valence-corrected chi connectivity index (χ3v) is 2.48. The Balaban J connectivity index is 3.06. The van der Waals surface area contributed by atoms with Crippen LogP contribution in [0.5, 0.6) is 0 Å². The summed E-state index contributed by atoms with van der Waals surface area (Å²) in [5, 5.41) is 12.8. The van der Waals surface area contributed by atoms with E-state index in [2.05, 4.69) is 5.10 Å². The quantitative estimate of drug-likeness (QED) is 0.786. The zero-order chi connectivity index (χ0) is 10.7. The Morgan fingerprint density at radius 3 is 2.79 bits per heavy atom. The summed E-state index contributed by atoms with van der Waals surface area (Å²) in [5.74, 6) is -0.847. The largest absolute Gasteiger partial charge is 0.476 e. The second-order valence-electron chi connectivity index (χ2n) is 3.18. The average Bonchev–Trinajstić information content (AvgIpc) is 2.60. The van der Waals surface area contributed by atoms with Crippen LogP contribution < -0.4 is 0 Å². The molecule has 14 heavy (non-hydrogen) atoms. The van der Waals surface area contributed by atoms with Crippen molar-refractivity contribution in [2.75, 3.05) is 0 Å². The summed E-state index contributed by atoms with van der Waals surface area (Å²) in [4.78, 5) is 10.8. The fourth-order valence-corrected chi connectivity index (χ4v) is 1.32. The summed E-state index contributed by atoms with van der Waals surface area (Å²) in [6.45, 7) is 4.00. The van der Waals surface area contributed by atoms with E-state index in [9.17, 15) is 4.79 Å². The van der Waals surface area contributed by atoms with Crippen LogP contribution in [0.3, 0.4) is 0 Å². The molecule has 0 bridgehead atoms. The van der Waals surface area contributed by atoms with Crippen molar-refractivity contribution >= 4 is 17.6 Å². The van der Waals surface area contributed by atoms with Gasteiger partial charge >= 0.3 is 5.97 Å². The Labute approximate surface area is 87.5 Å². The lowest BCUT2D eigenvalue weighted by Crippen LogP contribution is -2.06. The van der Waals surface area contributed by atoms with Gasteiger partial charge < -0.3 is 5.11 Å². The molecular weight excluding hydrogens is 204 g/mol. The van der Waals surface area contributed by atoms with Crippen LogP contribution in [0.25, 0.3) is 0 Å². The van der Waals surface area contributed by atoms with E-state index in [-0.39, 0.29) is 17.6 Å². The van der Waals surface area contributed by atoms with Gasteiger partial charge in [0.25, 0.3) is 0 Å². The number of hydrogen-bond donors (Lipinski definition) is 1. The summed E-state index contributed by atoms with van der Waals surface area (Å²) in [6, 6.07) is 0.199. The number of hydrogen-bond acceptors (Lipinski definition) is 2. The van der Waals surface area contributed by atoms with Gasteiger partial charge in [0, 0.05) is 17.8 Å². The van der Waals surface area contributed by atoms with Crippen molar-refractivity contribution in [1.82, 2.24) is 9.78 Å². The first kappa shape index (κ1) is 11.0. The Hall–Kier alpha value is -1.03. The molecule has 1 atom stereocenters. The maximum atomic E-state index is 10.8. The third kappa shape index (κ3) is 2.07. The average molecular weight is 217 g/mol. The molecule has 1 heterocycles. The SMILES string of the molecule is CC[C@H](C)n1cc(CCl)c(C(=O)O)n1. The van der Waals surface area contributed by atoms with Crippen LogP contribution in [0.15, 0.2) is 6.20 Å². The van der Waals surface area contributed by atoms with Crippen molar-refractivity contribution in [2.24, 2.45) is 0 Å². The highest BCUT2D eigenvalue weighted by Crippen LogP contribution is 2.15. The van der Waals surface area contributed by atoms with Crippen molar-refractivity contribution in [3.63, 3.8) is 0 Å². The van der Waals surface area contributed by atoms with Crippen LogP contribution in [0.2, 0.25) is 0 Å². The lowest BCUT2D eigenvalue weighted by Gasteiger charge is -2.07. The molecule has 0 fully saturated rings. The summed E-state index contributed by atoms with van der Waals surface area (Å²) < 4.78 is 1.65. The van der Waals surface area contributed by atoms with E-state index in [1.807, 2.05) is 13.8 Å². The summed E-state index contributed by atoms with van der Waals surface area (Å²) in [5.41, 5.74) is 0.625. The second-order valence-corrected chi connectivity index (χ2v) is 3.45. The molecule has 0 saturated carbocycles. The van der Waals surface area contributed by atoms with E-state index in [0.717, 1.165) is 6.42 Å². The fraction of sp³-hybridized carbons (Fsp3) is 0.556. The van der Waals surface area contributed by atoms with Gasteiger partial charge in [-0.1, -0.05) is 6.92 Å². The van der Waals surface area contributed by atoms with Gasteiger partial charge in [0.2, 0.25) is 0 Å². The molecule has 1 N–H and O–H groups in total. The van der Waals surface area contributed by atoms with Gasteiger partial charge in [-0.05, 0) is 13.3 Å². The highest BCUT2D eigenvalue weighted by atomic mass is 35.5. The van der Waals surface area contributed by atoms with Gasteiger partial charge in [-0.2, -0.15) is 5.10 Å². The van der Waals surface area contributed by atoms with E-state index >= 15 is 0 Å². The van der Waals surface area contributed by atoms with Crippen molar-refractivity contribution in [2.45, 2.75) is 32.2 Å². The smallest absolute Gasteiger partial charge is 0.356 e. The fourth-order valence-electron chi connectivity index (χ4n) is 1.12. The molecule has 1 aromatic heterocycles. The molecule has 0 saturated heterocycles. The molecule has 78 valence electrons. The number of alkyl halides is 1. The van der Waals surface area contributed by atoms with Gasteiger partial charge in [0.15, 0.2) is 5.69 Å². The van der Waals surface area contributed by atoms with Gasteiger partial charge in [-0.3, -0.25) is 4.68 Å². The Morgan fingerprint density at radius 2 is 2.43 bits per heavy atom. The number of nitrogens with zero attached hydrogens (tertiary/aromatic N) is 2. The maximum absolute atomic E-state index is 10.8. The monoisotopic (exact) mass is 216 g/mol. The molecule has 0 aliphatic rings. The topological polar surface area (TPSA) is 55.1 Å². The van der Waals surface area contributed by atoms with Gasteiger partial charge in [-0.15, -0.1) is 11.6 Å². The standard InChI is InChI=1S/C9H13ClN2O2/c1-3-6(2)12-5-7(4-10)8(11-12)9(13)14/h5-6H,3-4H2,1-2H3,(H,13,14)/t6-/m0/s1. The van der Waals surface area contributed by atoms with E-state index in [0.29, 0.717) is 5.56 Å². The molecule has 5 heteroatoms. The Bertz CT molecular complexity index is 336. The number of rotatable bonds is 4. The number of carboxylic acid groups (broad SMARTS) is 1. The van der Waals surface area contributed by atoms with Crippen molar-refractivity contribution in [3.8, 4) is 0 Å². The second kappa shape index (κ2) is 4.46. The lowest BCUT2D eigenvalue weighted by atomic mass is 10.2. The Kier molecular flexibility index (Phi) is 3.52. The summed E-state index contributed by atoms with van der Waals surface area (Å²) in [7, 11) is 0. The minimum absolute atomic E-state index is 0.0558. The van der Waals surface area contributed by atoms with Crippen LogP contribution in [0.4, 0.5) is 0 Å². The minimum atomic E-state index is -1.03. The molecule has 1 aromatic rings. The zero-order valence-corrected chi connectivity index (χ0v) is 8.95. The molecule has 0 radical (unpaired) electrons. The first-order chi connectivity index (χ1) is 6.60. The maximum Gasteiger partial charge on any atom is 0.356 e. The van der Waals surface area contributed by atoms with Gasteiger partial charge in [0.05, 0.1) is 5.88 Å². The summed E-state index contributed by atoms with van der Waals surface area (Å²) >= 11 is 5.62. The van der Waals surface area contributed by atoms with Gasteiger partial charge in [0.1, 0.15) is 0 Å². The predicted molar refractivity (Wildman–Crippen MR) is 53.7 cm³/mol. The molecule has 4 nitrogen and oxygen atoms in total. The van der Waals surface area contributed by atoms with E-state index in [4.69, 9.17) is 16.7 Å². The van der Waals surface area contributed by atoms with Gasteiger partial charge in [-0.25, -0.2) is 4.79 Å². The molecule has 1 rings (SSSR count). The predicted octanol–water partition coefficient (Wildman–Crippen LogP) is 2.29. The van der Waals surface area contributed by atoms with Crippen LogP contribution in [0.1, 0.15) is 42.4 Å². The van der Waals surface area contributed by atoms with Crippen LogP contribution in [-0.4, -0.2) is 20.9 Å². The van der Waals surface area contributed by atoms with Crippen molar-refractivity contribution in [1.29, 1.82) is 0 Å². The number of aromatic carboxylic acids is 1. The molecular formula is C9H13ClN2O2. The van der Waals surface area contributed by atoms with Crippen LogP contribution >= 0.6 is 11.6 Å². The van der Waals surface area contributed by atoms with E-state index in [1.54, 1.807) is 10.9 Å². The highest BCUT2D eigenvalue weighted by Gasteiger charge is 2.16. The third-order valence-electron chi connectivity index (χ3n) is 2.20. The zero-order valence-electron chi connectivity index (χ0n) is 8.20. The molecule has 0 spiro atoms. The van der Waals surface area contributed by atoms with Crippen LogP contribution in [-0.2, 0) is 5.88 Å². The van der Waals surface area contributed by atoms with E-state index < -0.39 is 5.97 Å². The molecule has 0 aromatic carbocycles. The number of carbonyl (C=O) groups is 1. The normalized spacial score (nSPS) is 12.8. The molecule has 0 amide bonds. The number of aromatic nitrogens is 2. The Morgan fingerprint density at radius 1 is 1.79 bits per heavy atom. The minimum Gasteiger partial charge on any atom is -0.476 e. The first-order valence-corrected chi connectivity index (χ1v) is 5.00. The molecule has 0 aliphatic carbocycles. The van der Waals surface area contributed by atoms with Crippen molar-refractivity contribution < 1.29 is 9.90 Å². The van der Waals surface area contributed by atoms with Crippen LogP contribution in [0, 0.1) is 0 Å². The highest BCUT2D eigenvalue weighted by molar-refractivity contribution is 6.17. The lowest BCUT2D eigenvalue weighted by molar-refractivity contribution is 0.0688.